The maximum absolute atomic E-state index is 12.4. The van der Waals surface area contributed by atoms with Crippen LogP contribution >= 0.6 is 11.8 Å². The largest absolute Gasteiger partial charge is 0.342 e. The fraction of sp³-hybridized carbons (Fsp3) is 0.286. The number of benzene rings is 2. The Morgan fingerprint density at radius 2 is 1.81 bits per heavy atom. The molecule has 1 amide bonds. The molecule has 1 aromatic heterocycles. The number of aryl methyl sites for hydroxylation is 1. The molecule has 1 unspecified atom stereocenters. The normalized spacial score (nSPS) is 12.0. The molecule has 0 saturated heterocycles. The SMILES string of the molecule is CCn1c(SCc2ccc(C)cc2)nnc1C(C)NC(=O)c1ccccc1. The molecule has 0 aliphatic carbocycles. The van der Waals surface area contributed by atoms with Crippen LogP contribution in [0, 0.1) is 6.92 Å². The average Bonchev–Trinajstić information content (AvgIpc) is 3.11. The summed E-state index contributed by atoms with van der Waals surface area (Å²) in [6.45, 7) is 6.84. The van der Waals surface area contributed by atoms with Gasteiger partial charge in [0.1, 0.15) is 0 Å². The fourth-order valence-electron chi connectivity index (χ4n) is 2.79. The quantitative estimate of drug-likeness (QED) is 0.618. The number of nitrogens with one attached hydrogen (secondary N) is 1. The lowest BCUT2D eigenvalue weighted by molar-refractivity contribution is 0.0937. The van der Waals surface area contributed by atoms with E-state index in [9.17, 15) is 4.79 Å². The molecule has 27 heavy (non-hydrogen) atoms. The number of carbonyl (C=O) groups is 1. The van der Waals surface area contributed by atoms with E-state index in [-0.39, 0.29) is 11.9 Å². The van der Waals surface area contributed by atoms with E-state index >= 15 is 0 Å². The summed E-state index contributed by atoms with van der Waals surface area (Å²) in [7, 11) is 0. The van der Waals surface area contributed by atoms with Crippen molar-refractivity contribution < 1.29 is 4.79 Å². The van der Waals surface area contributed by atoms with Crippen molar-refractivity contribution in [1.82, 2.24) is 20.1 Å². The second kappa shape index (κ2) is 8.86. The lowest BCUT2D eigenvalue weighted by Gasteiger charge is -2.15. The Labute approximate surface area is 164 Å². The highest BCUT2D eigenvalue weighted by molar-refractivity contribution is 7.98. The fourth-order valence-corrected chi connectivity index (χ4v) is 3.76. The molecule has 2 aromatic carbocycles. The van der Waals surface area contributed by atoms with Crippen molar-refractivity contribution in [2.75, 3.05) is 0 Å². The van der Waals surface area contributed by atoms with E-state index in [1.807, 2.05) is 25.1 Å². The number of thioether (sulfide) groups is 1. The predicted molar refractivity (Wildman–Crippen MR) is 109 cm³/mol. The van der Waals surface area contributed by atoms with Crippen molar-refractivity contribution in [1.29, 1.82) is 0 Å². The molecule has 0 radical (unpaired) electrons. The summed E-state index contributed by atoms with van der Waals surface area (Å²) in [5.74, 6) is 1.50. The third kappa shape index (κ3) is 4.77. The molecule has 1 heterocycles. The lowest BCUT2D eigenvalue weighted by atomic mass is 10.2. The first-order valence-corrected chi connectivity index (χ1v) is 10.0. The summed E-state index contributed by atoms with van der Waals surface area (Å²) >= 11 is 1.66. The van der Waals surface area contributed by atoms with Crippen LogP contribution in [0.4, 0.5) is 0 Å². The molecule has 3 aromatic rings. The first-order chi connectivity index (χ1) is 13.1. The molecule has 1 atom stereocenters. The maximum atomic E-state index is 12.4. The standard InChI is InChI=1S/C21H24N4OS/c1-4-25-19(16(3)22-20(26)18-8-6-5-7-9-18)23-24-21(25)27-14-17-12-10-15(2)11-13-17/h5-13,16H,4,14H2,1-3H3,(H,22,26). The Bertz CT molecular complexity index is 890. The Morgan fingerprint density at radius 1 is 1.11 bits per heavy atom. The van der Waals surface area contributed by atoms with Gasteiger partial charge in [0, 0.05) is 17.9 Å². The summed E-state index contributed by atoms with van der Waals surface area (Å²) < 4.78 is 2.06. The number of amides is 1. The molecule has 0 saturated carbocycles. The van der Waals surface area contributed by atoms with Crippen LogP contribution in [0.3, 0.4) is 0 Å². The molecule has 6 heteroatoms. The van der Waals surface area contributed by atoms with Gasteiger partial charge in [0.15, 0.2) is 11.0 Å². The Morgan fingerprint density at radius 3 is 2.48 bits per heavy atom. The highest BCUT2D eigenvalue weighted by Crippen LogP contribution is 2.24. The monoisotopic (exact) mass is 380 g/mol. The molecular weight excluding hydrogens is 356 g/mol. The zero-order valence-corrected chi connectivity index (χ0v) is 16.7. The van der Waals surface area contributed by atoms with Crippen LogP contribution in [0.5, 0.6) is 0 Å². The van der Waals surface area contributed by atoms with Gasteiger partial charge in [-0.1, -0.05) is 59.8 Å². The summed E-state index contributed by atoms with van der Waals surface area (Å²) in [5, 5.41) is 12.6. The Hall–Kier alpha value is -2.60. The van der Waals surface area contributed by atoms with Crippen LogP contribution in [0.2, 0.25) is 0 Å². The number of aromatic nitrogens is 3. The van der Waals surface area contributed by atoms with Crippen LogP contribution in [-0.4, -0.2) is 20.7 Å². The van der Waals surface area contributed by atoms with Gasteiger partial charge in [-0.15, -0.1) is 10.2 Å². The van der Waals surface area contributed by atoms with E-state index in [4.69, 9.17) is 0 Å². The number of rotatable bonds is 7. The number of nitrogens with zero attached hydrogens (tertiary/aromatic N) is 3. The first kappa shape index (κ1) is 19.2. The van der Waals surface area contributed by atoms with E-state index in [0.717, 1.165) is 23.3 Å². The summed E-state index contributed by atoms with van der Waals surface area (Å²) in [6, 6.07) is 17.5. The number of carbonyl (C=O) groups excluding carboxylic acids is 1. The van der Waals surface area contributed by atoms with Crippen molar-refractivity contribution in [2.45, 2.75) is 44.3 Å². The van der Waals surface area contributed by atoms with Crippen LogP contribution < -0.4 is 5.32 Å². The van der Waals surface area contributed by atoms with Gasteiger partial charge in [-0.05, 0) is 38.5 Å². The minimum atomic E-state index is -0.223. The molecule has 5 nitrogen and oxygen atoms in total. The first-order valence-electron chi connectivity index (χ1n) is 9.05. The highest BCUT2D eigenvalue weighted by atomic mass is 32.2. The average molecular weight is 381 g/mol. The summed E-state index contributed by atoms with van der Waals surface area (Å²) in [4.78, 5) is 12.4. The number of hydrogen-bond acceptors (Lipinski definition) is 4. The highest BCUT2D eigenvalue weighted by Gasteiger charge is 2.19. The van der Waals surface area contributed by atoms with Crippen molar-refractivity contribution in [2.24, 2.45) is 0 Å². The predicted octanol–water partition coefficient (Wildman–Crippen LogP) is 4.39. The Kier molecular flexibility index (Phi) is 6.29. The van der Waals surface area contributed by atoms with E-state index in [1.165, 1.54) is 11.1 Å². The van der Waals surface area contributed by atoms with Gasteiger partial charge in [-0.2, -0.15) is 0 Å². The van der Waals surface area contributed by atoms with Gasteiger partial charge >= 0.3 is 0 Å². The molecule has 0 aliphatic heterocycles. The van der Waals surface area contributed by atoms with E-state index in [0.29, 0.717) is 5.56 Å². The van der Waals surface area contributed by atoms with Crippen LogP contribution in [0.15, 0.2) is 59.8 Å². The van der Waals surface area contributed by atoms with Gasteiger partial charge in [0.2, 0.25) is 0 Å². The van der Waals surface area contributed by atoms with E-state index < -0.39 is 0 Å². The molecule has 140 valence electrons. The third-order valence-corrected chi connectivity index (χ3v) is 5.36. The molecule has 0 aliphatic rings. The summed E-state index contributed by atoms with van der Waals surface area (Å²) in [5.41, 5.74) is 3.15. The molecule has 0 fully saturated rings. The second-order valence-corrected chi connectivity index (χ2v) is 7.36. The van der Waals surface area contributed by atoms with E-state index in [2.05, 4.69) is 58.2 Å². The zero-order chi connectivity index (χ0) is 19.2. The maximum Gasteiger partial charge on any atom is 0.251 e. The van der Waals surface area contributed by atoms with Gasteiger partial charge in [-0.25, -0.2) is 0 Å². The van der Waals surface area contributed by atoms with Crippen molar-refractivity contribution in [3.8, 4) is 0 Å². The zero-order valence-electron chi connectivity index (χ0n) is 15.8. The summed E-state index contributed by atoms with van der Waals surface area (Å²) in [6.07, 6.45) is 0. The van der Waals surface area contributed by atoms with Gasteiger partial charge in [0.05, 0.1) is 6.04 Å². The van der Waals surface area contributed by atoms with Crippen molar-refractivity contribution >= 4 is 17.7 Å². The molecule has 0 bridgehead atoms. The smallest absolute Gasteiger partial charge is 0.251 e. The van der Waals surface area contributed by atoms with E-state index in [1.54, 1.807) is 23.9 Å². The van der Waals surface area contributed by atoms with Gasteiger partial charge in [-0.3, -0.25) is 4.79 Å². The minimum absolute atomic E-state index is 0.109. The minimum Gasteiger partial charge on any atom is -0.342 e. The van der Waals surface area contributed by atoms with Gasteiger partial charge in [0.25, 0.3) is 5.91 Å². The molecule has 3 rings (SSSR count). The number of hydrogen-bond donors (Lipinski definition) is 1. The van der Waals surface area contributed by atoms with Crippen LogP contribution in [0.1, 0.15) is 47.2 Å². The lowest BCUT2D eigenvalue weighted by Crippen LogP contribution is -2.28. The molecular formula is C21H24N4OS. The van der Waals surface area contributed by atoms with Crippen molar-refractivity contribution in [3.63, 3.8) is 0 Å². The topological polar surface area (TPSA) is 59.8 Å². The molecule has 1 N–H and O–H groups in total. The Balaban J connectivity index is 1.69. The van der Waals surface area contributed by atoms with Crippen molar-refractivity contribution in [3.05, 3.63) is 77.1 Å². The third-order valence-electron chi connectivity index (χ3n) is 4.32. The van der Waals surface area contributed by atoms with Crippen LogP contribution in [-0.2, 0) is 12.3 Å². The van der Waals surface area contributed by atoms with Gasteiger partial charge < -0.3 is 9.88 Å². The molecule has 0 spiro atoms. The second-order valence-electron chi connectivity index (χ2n) is 6.42. The van der Waals surface area contributed by atoms with Crippen LogP contribution in [0.25, 0.3) is 0 Å².